The molecule has 8 nitrogen and oxygen atoms in total. The van der Waals surface area contributed by atoms with E-state index in [1.807, 2.05) is 85.0 Å². The van der Waals surface area contributed by atoms with Crippen molar-refractivity contribution in [2.24, 2.45) is 10.9 Å². The lowest BCUT2D eigenvalue weighted by Crippen LogP contribution is -2.26. The summed E-state index contributed by atoms with van der Waals surface area (Å²) < 4.78 is 0. The van der Waals surface area contributed by atoms with Crippen LogP contribution in [-0.4, -0.2) is 41.7 Å². The van der Waals surface area contributed by atoms with Gasteiger partial charge in [-0.05, 0) is 48.6 Å². The zero-order valence-electron chi connectivity index (χ0n) is 21.4. The molecule has 4 aromatic heterocycles. The minimum atomic E-state index is -0.292. The first kappa shape index (κ1) is 23.7. The Kier molecular flexibility index (Phi) is 6.18. The van der Waals surface area contributed by atoms with Gasteiger partial charge in [-0.25, -0.2) is 19.9 Å². The van der Waals surface area contributed by atoms with Crippen LogP contribution in [-0.2, 0) is 0 Å². The van der Waals surface area contributed by atoms with Crippen LogP contribution in [0.15, 0.2) is 127 Å². The minimum absolute atomic E-state index is 0.0191. The molecule has 0 radical (unpaired) electrons. The van der Waals surface area contributed by atoms with E-state index in [9.17, 15) is 0 Å². The third-order valence-corrected chi connectivity index (χ3v) is 6.80. The summed E-state index contributed by atoms with van der Waals surface area (Å²) in [5, 5.41) is 3.53. The molecule has 0 spiro atoms. The molecule has 3 atom stereocenters. The maximum absolute atomic E-state index is 4.97. The molecule has 0 saturated heterocycles. The Hall–Kier alpha value is -5.37. The van der Waals surface area contributed by atoms with Crippen LogP contribution in [0.5, 0.6) is 0 Å². The number of allylic oxidation sites excluding steroid dienone is 5. The number of hydrogen-bond acceptors (Lipinski definition) is 8. The Morgan fingerprint density at radius 1 is 0.600 bits per heavy atom. The van der Waals surface area contributed by atoms with Crippen molar-refractivity contribution < 1.29 is 0 Å². The quantitative estimate of drug-likeness (QED) is 0.391. The molecule has 0 amide bonds. The normalized spacial score (nSPS) is 20.9. The Bertz CT molecular complexity index is 1740. The molecule has 40 heavy (non-hydrogen) atoms. The molecule has 1 N–H and O–H groups in total. The Labute approximate surface area is 231 Å². The van der Waals surface area contributed by atoms with Crippen LogP contribution in [0.4, 0.5) is 0 Å². The number of nitrogens with zero attached hydrogens (tertiary/aromatic N) is 7. The van der Waals surface area contributed by atoms with Gasteiger partial charge >= 0.3 is 0 Å². The highest BCUT2D eigenvalue weighted by Gasteiger charge is 2.24. The first-order valence-electron chi connectivity index (χ1n) is 13.1. The lowest BCUT2D eigenvalue weighted by molar-refractivity contribution is 0.675. The number of dihydropyridines is 2. The van der Waals surface area contributed by atoms with Crippen molar-refractivity contribution in [1.29, 1.82) is 0 Å². The predicted molar refractivity (Wildman–Crippen MR) is 155 cm³/mol. The molecule has 0 aromatic carbocycles. The van der Waals surface area contributed by atoms with E-state index in [1.54, 1.807) is 12.4 Å². The Balaban J connectivity index is 1.30. The van der Waals surface area contributed by atoms with Gasteiger partial charge in [0.1, 0.15) is 17.4 Å². The standard InChI is InChI=1S/C32H24N8/c1-2-10-22-21(9-1)17-18-29(35-22)32-39-30(27-15-7-13-25(36-27)23-11-3-5-19-33-23)38-31(40-32)28-16-8-14-26(37-28)24-12-4-6-20-34-24/h1-22,27,36H. The fourth-order valence-electron chi connectivity index (χ4n) is 4.79. The first-order chi connectivity index (χ1) is 19.8. The summed E-state index contributed by atoms with van der Waals surface area (Å²) in [6, 6.07) is 17.1. The lowest BCUT2D eigenvalue weighted by Gasteiger charge is -2.23. The van der Waals surface area contributed by atoms with E-state index < -0.39 is 0 Å². The van der Waals surface area contributed by atoms with Gasteiger partial charge in [0.25, 0.3) is 0 Å². The second-order valence-corrected chi connectivity index (χ2v) is 9.48. The van der Waals surface area contributed by atoms with Gasteiger partial charge in [0, 0.05) is 18.3 Å². The van der Waals surface area contributed by atoms with E-state index >= 15 is 0 Å². The molecule has 6 heterocycles. The monoisotopic (exact) mass is 520 g/mol. The van der Waals surface area contributed by atoms with Crippen LogP contribution >= 0.6 is 0 Å². The van der Waals surface area contributed by atoms with Crippen molar-refractivity contribution >= 4 is 11.4 Å². The van der Waals surface area contributed by atoms with Crippen LogP contribution < -0.4 is 5.32 Å². The van der Waals surface area contributed by atoms with E-state index in [2.05, 4.69) is 39.6 Å². The smallest absolute Gasteiger partial charge is 0.182 e. The zero-order chi connectivity index (χ0) is 26.7. The van der Waals surface area contributed by atoms with Crippen molar-refractivity contribution in [3.8, 4) is 22.9 Å². The van der Waals surface area contributed by atoms with Crippen molar-refractivity contribution in [2.75, 3.05) is 0 Å². The predicted octanol–water partition coefficient (Wildman–Crippen LogP) is 5.10. The second kappa shape index (κ2) is 10.4. The van der Waals surface area contributed by atoms with Gasteiger partial charge in [0.05, 0.1) is 28.8 Å². The van der Waals surface area contributed by atoms with Gasteiger partial charge in [-0.15, -0.1) is 0 Å². The van der Waals surface area contributed by atoms with E-state index in [1.165, 1.54) is 0 Å². The summed E-state index contributed by atoms with van der Waals surface area (Å²) in [6.45, 7) is 0. The van der Waals surface area contributed by atoms with Gasteiger partial charge < -0.3 is 5.32 Å². The number of nitrogens with one attached hydrogen (secondary N) is 1. The topological polar surface area (TPSA) is 102 Å². The number of aromatic nitrogens is 6. The van der Waals surface area contributed by atoms with Gasteiger partial charge in [-0.1, -0.05) is 60.7 Å². The second-order valence-electron chi connectivity index (χ2n) is 9.48. The fourth-order valence-corrected chi connectivity index (χ4v) is 4.79. The van der Waals surface area contributed by atoms with Crippen LogP contribution in [0.1, 0.15) is 23.4 Å². The minimum Gasteiger partial charge on any atom is -0.370 e. The van der Waals surface area contributed by atoms with Crippen LogP contribution in [0.2, 0.25) is 0 Å². The van der Waals surface area contributed by atoms with Crippen LogP contribution in [0.3, 0.4) is 0 Å². The summed E-state index contributed by atoms with van der Waals surface area (Å²) >= 11 is 0. The Morgan fingerprint density at radius 2 is 1.38 bits per heavy atom. The molecule has 3 aliphatic rings. The molecule has 0 fully saturated rings. The van der Waals surface area contributed by atoms with Crippen LogP contribution in [0.25, 0.3) is 28.6 Å². The van der Waals surface area contributed by atoms with Gasteiger partial charge in [-0.2, -0.15) is 0 Å². The molecule has 192 valence electrons. The largest absolute Gasteiger partial charge is 0.370 e. The maximum atomic E-state index is 4.97. The van der Waals surface area contributed by atoms with Crippen molar-refractivity contribution in [1.82, 2.24) is 35.2 Å². The van der Waals surface area contributed by atoms with Crippen LogP contribution in [0, 0.1) is 5.92 Å². The summed E-state index contributed by atoms with van der Waals surface area (Å²) in [5.74, 6) is 1.78. The summed E-state index contributed by atoms with van der Waals surface area (Å²) in [4.78, 5) is 33.4. The van der Waals surface area contributed by atoms with Crippen molar-refractivity contribution in [2.45, 2.75) is 12.1 Å². The average molecular weight is 521 g/mol. The van der Waals surface area contributed by atoms with Crippen molar-refractivity contribution in [3.05, 3.63) is 139 Å². The molecule has 2 aliphatic heterocycles. The average Bonchev–Trinajstić information content (AvgIpc) is 3.05. The highest BCUT2D eigenvalue weighted by Crippen LogP contribution is 2.26. The third kappa shape index (κ3) is 4.78. The number of hydrogen-bond donors (Lipinski definition) is 1. The highest BCUT2D eigenvalue weighted by atomic mass is 15.1. The molecule has 4 aromatic rings. The number of aliphatic imine (C=N–C) groups is 1. The zero-order valence-corrected chi connectivity index (χ0v) is 21.4. The number of pyridine rings is 3. The van der Waals surface area contributed by atoms with Gasteiger partial charge in [0.15, 0.2) is 17.5 Å². The lowest BCUT2D eigenvalue weighted by atomic mass is 9.92. The molecular weight excluding hydrogens is 496 g/mol. The molecule has 0 saturated carbocycles. The Morgan fingerprint density at radius 3 is 2.23 bits per heavy atom. The maximum Gasteiger partial charge on any atom is 0.182 e. The van der Waals surface area contributed by atoms with E-state index in [-0.39, 0.29) is 18.0 Å². The summed E-state index contributed by atoms with van der Waals surface area (Å²) in [5.41, 5.74) is 4.61. The fraction of sp³-hybridized carbons (Fsp3) is 0.0938. The van der Waals surface area contributed by atoms with E-state index in [0.29, 0.717) is 28.9 Å². The third-order valence-electron chi connectivity index (χ3n) is 6.80. The number of fused-ring (bicyclic) bond motifs is 1. The van der Waals surface area contributed by atoms with E-state index in [4.69, 9.17) is 24.9 Å². The first-order valence-corrected chi connectivity index (χ1v) is 13.1. The summed E-state index contributed by atoms with van der Waals surface area (Å²) in [7, 11) is 0. The van der Waals surface area contributed by atoms with Crippen molar-refractivity contribution in [3.63, 3.8) is 0 Å². The molecule has 3 unspecified atom stereocenters. The molecule has 8 heteroatoms. The molecular formula is C32H24N8. The number of rotatable bonds is 5. The van der Waals surface area contributed by atoms with Gasteiger partial charge in [0.2, 0.25) is 0 Å². The SMILES string of the molecule is C1=CC(c2nc(C3=NC4C=CC=CC4C=C3)nc(-c3cccc(-c4ccccn4)n3)n2)NC(c2ccccn2)=C1. The molecule has 7 rings (SSSR count). The van der Waals surface area contributed by atoms with E-state index in [0.717, 1.165) is 22.8 Å². The summed E-state index contributed by atoms with van der Waals surface area (Å²) in [6.07, 6.45) is 22.0. The van der Waals surface area contributed by atoms with Gasteiger partial charge in [-0.3, -0.25) is 15.0 Å². The highest BCUT2D eigenvalue weighted by molar-refractivity contribution is 6.07. The molecule has 0 bridgehead atoms. The molecule has 1 aliphatic carbocycles.